The highest BCUT2D eigenvalue weighted by atomic mass is 35.5. The molecule has 18 heavy (non-hydrogen) atoms. The van der Waals surface area contributed by atoms with Crippen LogP contribution in [0.3, 0.4) is 0 Å². The minimum Gasteiger partial charge on any atom is -0.378 e. The van der Waals surface area contributed by atoms with Gasteiger partial charge in [0.15, 0.2) is 0 Å². The summed E-state index contributed by atoms with van der Waals surface area (Å²) in [6.07, 6.45) is 2.51. The molecule has 0 atom stereocenters. The maximum atomic E-state index is 11.8. The molecule has 0 spiro atoms. The Hall–Kier alpha value is -0.650. The van der Waals surface area contributed by atoms with E-state index in [1.807, 2.05) is 12.3 Å². The molecule has 1 amide bonds. The highest BCUT2D eigenvalue weighted by Crippen LogP contribution is 2.23. The molecule has 0 aromatic carbocycles. The molecule has 100 valence electrons. The minimum absolute atomic E-state index is 0.0328. The van der Waals surface area contributed by atoms with Crippen molar-refractivity contribution < 1.29 is 9.53 Å². The first kappa shape index (κ1) is 13.8. The van der Waals surface area contributed by atoms with Gasteiger partial charge in [0.25, 0.3) is 0 Å². The van der Waals surface area contributed by atoms with Gasteiger partial charge in [0.05, 0.1) is 24.1 Å². The van der Waals surface area contributed by atoms with Gasteiger partial charge in [0, 0.05) is 18.0 Å². The molecule has 1 aliphatic carbocycles. The molecule has 0 unspecified atom stereocenters. The van der Waals surface area contributed by atoms with Crippen molar-refractivity contribution in [3.8, 4) is 0 Å². The molecule has 1 aromatic heterocycles. The Bertz CT molecular complexity index is 405. The second-order valence-corrected chi connectivity index (χ2v) is 5.57. The minimum atomic E-state index is 0.0328. The first-order valence-corrected chi connectivity index (χ1v) is 7.53. The van der Waals surface area contributed by atoms with E-state index in [9.17, 15) is 4.79 Å². The van der Waals surface area contributed by atoms with Crippen molar-refractivity contribution in [1.29, 1.82) is 0 Å². The normalized spacial score (nSPS) is 22.6. The Kier molecular flexibility index (Phi) is 4.97. The lowest BCUT2D eigenvalue weighted by Gasteiger charge is -2.35. The zero-order chi connectivity index (χ0) is 13.0. The summed E-state index contributed by atoms with van der Waals surface area (Å²) in [4.78, 5) is 16.0. The molecule has 4 nitrogen and oxygen atoms in total. The molecule has 1 heterocycles. The predicted molar refractivity (Wildman–Crippen MR) is 72.0 cm³/mol. The lowest BCUT2D eigenvalue weighted by atomic mass is 9.89. The molecule has 2 rings (SSSR count). The molecule has 6 heteroatoms. The first-order valence-electron chi connectivity index (χ1n) is 6.11. The van der Waals surface area contributed by atoms with E-state index in [4.69, 9.17) is 16.3 Å². The number of thiazole rings is 1. The summed E-state index contributed by atoms with van der Waals surface area (Å²) in [6.45, 7) is 2.73. The van der Waals surface area contributed by atoms with Crippen LogP contribution in [0.5, 0.6) is 0 Å². The van der Waals surface area contributed by atoms with Crippen molar-refractivity contribution in [2.75, 3.05) is 6.61 Å². The van der Waals surface area contributed by atoms with Crippen molar-refractivity contribution >= 4 is 28.8 Å². The van der Waals surface area contributed by atoms with Crippen LogP contribution in [0.2, 0.25) is 0 Å². The second kappa shape index (κ2) is 6.50. The van der Waals surface area contributed by atoms with Crippen molar-refractivity contribution in [1.82, 2.24) is 10.3 Å². The largest absolute Gasteiger partial charge is 0.378 e. The van der Waals surface area contributed by atoms with Gasteiger partial charge in [0.2, 0.25) is 5.91 Å². The van der Waals surface area contributed by atoms with Crippen LogP contribution in [0.4, 0.5) is 0 Å². The van der Waals surface area contributed by atoms with Gasteiger partial charge in [0.1, 0.15) is 5.01 Å². The summed E-state index contributed by atoms with van der Waals surface area (Å²) in [7, 11) is 0. The Morgan fingerprint density at radius 1 is 1.67 bits per heavy atom. The van der Waals surface area contributed by atoms with Gasteiger partial charge in [-0.2, -0.15) is 0 Å². The summed E-state index contributed by atoms with van der Waals surface area (Å²) in [5.41, 5.74) is 0.838. The third kappa shape index (κ3) is 3.67. The molecular weight excluding hydrogens is 272 g/mol. The molecule has 0 bridgehead atoms. The monoisotopic (exact) mass is 288 g/mol. The maximum Gasteiger partial charge on any atom is 0.227 e. The van der Waals surface area contributed by atoms with Crippen LogP contribution >= 0.6 is 22.9 Å². The summed E-state index contributed by atoms with van der Waals surface area (Å²) in [5.74, 6) is 0.432. The molecule has 0 saturated heterocycles. The number of nitrogens with one attached hydrogen (secondary N) is 1. The zero-order valence-corrected chi connectivity index (χ0v) is 11.9. The van der Waals surface area contributed by atoms with E-state index in [0.29, 0.717) is 18.4 Å². The number of halogens is 1. The number of alkyl halides is 1. The number of ether oxygens (including phenoxy) is 1. The molecule has 1 saturated carbocycles. The molecule has 0 aliphatic heterocycles. The third-order valence-corrected chi connectivity index (χ3v) is 4.08. The lowest BCUT2D eigenvalue weighted by Crippen LogP contribution is -2.48. The SMILES string of the molecule is CCOC1CC(NC(=O)Cc2nc(CCl)cs2)C1. The van der Waals surface area contributed by atoms with Crippen LogP contribution in [0.25, 0.3) is 0 Å². The quantitative estimate of drug-likeness (QED) is 0.816. The average molecular weight is 289 g/mol. The van der Waals surface area contributed by atoms with Crippen LogP contribution < -0.4 is 5.32 Å². The van der Waals surface area contributed by atoms with E-state index in [1.165, 1.54) is 11.3 Å². The van der Waals surface area contributed by atoms with Crippen LogP contribution in [-0.4, -0.2) is 29.6 Å². The van der Waals surface area contributed by atoms with Crippen molar-refractivity contribution in [2.45, 2.75) is 44.2 Å². The zero-order valence-electron chi connectivity index (χ0n) is 10.3. The second-order valence-electron chi connectivity index (χ2n) is 4.36. The van der Waals surface area contributed by atoms with Crippen LogP contribution in [0.15, 0.2) is 5.38 Å². The highest BCUT2D eigenvalue weighted by Gasteiger charge is 2.30. The van der Waals surface area contributed by atoms with E-state index in [1.54, 1.807) is 0 Å². The lowest BCUT2D eigenvalue weighted by molar-refractivity contribution is -0.123. The van der Waals surface area contributed by atoms with E-state index < -0.39 is 0 Å². The number of rotatable bonds is 6. The van der Waals surface area contributed by atoms with Crippen molar-refractivity contribution in [3.63, 3.8) is 0 Å². The van der Waals surface area contributed by atoms with Crippen molar-refractivity contribution in [2.24, 2.45) is 0 Å². The standard InChI is InChI=1S/C12H17ClN2O2S/c1-2-17-10-3-8(4-10)14-11(16)5-12-15-9(6-13)7-18-12/h7-8,10H,2-6H2,1H3,(H,14,16). The van der Waals surface area contributed by atoms with Crippen LogP contribution in [-0.2, 0) is 21.8 Å². The van der Waals surface area contributed by atoms with Crippen LogP contribution in [0, 0.1) is 0 Å². The molecule has 1 aromatic rings. The molecule has 0 radical (unpaired) electrons. The molecular formula is C12H17ClN2O2S. The van der Waals surface area contributed by atoms with Crippen LogP contribution in [0.1, 0.15) is 30.5 Å². The Balaban J connectivity index is 1.70. The highest BCUT2D eigenvalue weighted by molar-refractivity contribution is 7.09. The van der Waals surface area contributed by atoms with E-state index >= 15 is 0 Å². The van der Waals surface area contributed by atoms with Gasteiger partial charge in [-0.05, 0) is 19.8 Å². The summed E-state index contributed by atoms with van der Waals surface area (Å²) < 4.78 is 5.45. The topological polar surface area (TPSA) is 51.2 Å². The third-order valence-electron chi connectivity index (χ3n) is 2.91. The molecule has 1 aliphatic rings. The number of hydrogen-bond donors (Lipinski definition) is 1. The smallest absolute Gasteiger partial charge is 0.227 e. The number of hydrogen-bond acceptors (Lipinski definition) is 4. The van der Waals surface area contributed by atoms with E-state index in [2.05, 4.69) is 10.3 Å². The number of carbonyl (C=O) groups excluding carboxylic acids is 1. The number of amides is 1. The summed E-state index contributed by atoms with van der Waals surface area (Å²) in [6, 6.07) is 0.265. The Morgan fingerprint density at radius 3 is 3.06 bits per heavy atom. The number of carbonyl (C=O) groups is 1. The van der Waals surface area contributed by atoms with Gasteiger partial charge in [-0.25, -0.2) is 4.98 Å². The number of aromatic nitrogens is 1. The van der Waals surface area contributed by atoms with Gasteiger partial charge < -0.3 is 10.1 Å². The molecule has 1 N–H and O–H groups in total. The van der Waals surface area contributed by atoms with Gasteiger partial charge in [-0.15, -0.1) is 22.9 Å². The molecule has 1 fully saturated rings. The van der Waals surface area contributed by atoms with E-state index in [0.717, 1.165) is 30.2 Å². The fourth-order valence-electron chi connectivity index (χ4n) is 1.96. The van der Waals surface area contributed by atoms with Gasteiger partial charge in [-0.1, -0.05) is 0 Å². The maximum absolute atomic E-state index is 11.8. The van der Waals surface area contributed by atoms with E-state index in [-0.39, 0.29) is 11.9 Å². The van der Waals surface area contributed by atoms with Gasteiger partial charge >= 0.3 is 0 Å². The summed E-state index contributed by atoms with van der Waals surface area (Å²) in [5, 5.41) is 5.71. The van der Waals surface area contributed by atoms with Gasteiger partial charge in [-0.3, -0.25) is 4.79 Å². The predicted octanol–water partition coefficient (Wildman–Crippen LogP) is 2.11. The Morgan fingerprint density at radius 2 is 2.44 bits per heavy atom. The first-order chi connectivity index (χ1) is 8.71. The average Bonchev–Trinajstić information content (AvgIpc) is 2.74. The Labute approximate surface area is 116 Å². The fourth-order valence-corrected chi connectivity index (χ4v) is 2.98. The summed E-state index contributed by atoms with van der Waals surface area (Å²) >= 11 is 7.15. The fraction of sp³-hybridized carbons (Fsp3) is 0.667. The number of nitrogens with zero attached hydrogens (tertiary/aromatic N) is 1. The van der Waals surface area contributed by atoms with Crippen molar-refractivity contribution in [3.05, 3.63) is 16.1 Å².